The number of hydrogen-bond acceptors (Lipinski definition) is 2. The van der Waals surface area contributed by atoms with Gasteiger partial charge in [0.2, 0.25) is 0 Å². The Kier molecular flexibility index (Phi) is 2.33. The molecule has 90 valence electrons. The third-order valence-corrected chi connectivity index (χ3v) is 3.32. The Hall–Kier alpha value is -2.29. The van der Waals surface area contributed by atoms with E-state index in [0.717, 1.165) is 33.7 Å². The highest BCUT2D eigenvalue weighted by Crippen LogP contribution is 2.30. The molecule has 3 rings (SSSR count). The maximum absolute atomic E-state index is 6.09. The number of fused-ring (bicyclic) bond motifs is 1. The molecule has 0 aliphatic carbocycles. The van der Waals surface area contributed by atoms with Crippen molar-refractivity contribution in [2.45, 2.75) is 6.92 Å². The van der Waals surface area contributed by atoms with Crippen molar-refractivity contribution >= 4 is 16.7 Å². The Labute approximate surface area is 106 Å². The lowest BCUT2D eigenvalue weighted by molar-refractivity contribution is 0.958. The highest BCUT2D eigenvalue weighted by atomic mass is 15.1. The van der Waals surface area contributed by atoms with Gasteiger partial charge in [0, 0.05) is 18.3 Å². The minimum absolute atomic E-state index is 0.772. The quantitative estimate of drug-likeness (QED) is 0.661. The van der Waals surface area contributed by atoms with Crippen LogP contribution in [0.1, 0.15) is 5.56 Å². The van der Waals surface area contributed by atoms with E-state index in [0.29, 0.717) is 0 Å². The molecule has 1 aromatic heterocycles. The van der Waals surface area contributed by atoms with Crippen molar-refractivity contribution in [3.8, 4) is 11.4 Å². The topological polar surface area (TPSA) is 43.8 Å². The maximum Gasteiger partial charge on any atom is 0.143 e. The van der Waals surface area contributed by atoms with Crippen molar-refractivity contribution < 1.29 is 0 Å². The van der Waals surface area contributed by atoms with E-state index in [1.165, 1.54) is 0 Å². The van der Waals surface area contributed by atoms with Crippen LogP contribution in [0.5, 0.6) is 0 Å². The predicted molar refractivity (Wildman–Crippen MR) is 75.3 cm³/mol. The van der Waals surface area contributed by atoms with Crippen LogP contribution in [0.25, 0.3) is 22.4 Å². The third-order valence-electron chi connectivity index (χ3n) is 3.32. The van der Waals surface area contributed by atoms with Gasteiger partial charge >= 0.3 is 0 Å². The van der Waals surface area contributed by atoms with Crippen molar-refractivity contribution in [2.75, 3.05) is 5.73 Å². The zero-order valence-corrected chi connectivity index (χ0v) is 10.5. The van der Waals surface area contributed by atoms with E-state index in [9.17, 15) is 0 Å². The van der Waals surface area contributed by atoms with Gasteiger partial charge in [-0.3, -0.25) is 0 Å². The number of nitrogens with two attached hydrogens (primary N) is 1. The largest absolute Gasteiger partial charge is 0.398 e. The molecular weight excluding hydrogens is 222 g/mol. The molecule has 0 saturated carbocycles. The summed E-state index contributed by atoms with van der Waals surface area (Å²) >= 11 is 0. The molecule has 3 aromatic rings. The lowest BCUT2D eigenvalue weighted by atomic mass is 10.1. The molecule has 18 heavy (non-hydrogen) atoms. The molecule has 0 unspecified atom stereocenters. The van der Waals surface area contributed by atoms with Crippen molar-refractivity contribution in [1.29, 1.82) is 0 Å². The van der Waals surface area contributed by atoms with Crippen LogP contribution in [-0.4, -0.2) is 9.55 Å². The first-order valence-corrected chi connectivity index (χ1v) is 5.95. The fourth-order valence-corrected chi connectivity index (χ4v) is 2.37. The van der Waals surface area contributed by atoms with Gasteiger partial charge in [0.1, 0.15) is 5.82 Å². The standard InChI is InChI=1S/C15H15N3/c1-10-6-5-7-11(16)14(10)15-17-12-8-3-4-9-13(12)18(15)2/h3-9H,16H2,1-2H3. The van der Waals surface area contributed by atoms with E-state index in [4.69, 9.17) is 5.73 Å². The lowest BCUT2D eigenvalue weighted by Crippen LogP contribution is -1.98. The van der Waals surface area contributed by atoms with Gasteiger partial charge in [0.15, 0.2) is 0 Å². The summed E-state index contributed by atoms with van der Waals surface area (Å²) in [6.07, 6.45) is 0. The fourth-order valence-electron chi connectivity index (χ4n) is 2.37. The number of nitrogens with zero attached hydrogens (tertiary/aromatic N) is 2. The van der Waals surface area contributed by atoms with Crippen LogP contribution in [-0.2, 0) is 7.05 Å². The van der Waals surface area contributed by atoms with Gasteiger partial charge < -0.3 is 10.3 Å². The first-order chi connectivity index (χ1) is 8.68. The second-order valence-electron chi connectivity index (χ2n) is 4.52. The van der Waals surface area contributed by atoms with Gasteiger partial charge in [-0.1, -0.05) is 24.3 Å². The zero-order chi connectivity index (χ0) is 12.7. The number of imidazole rings is 1. The Morgan fingerprint density at radius 3 is 2.56 bits per heavy atom. The van der Waals surface area contributed by atoms with Gasteiger partial charge in [0.05, 0.1) is 11.0 Å². The maximum atomic E-state index is 6.09. The van der Waals surface area contributed by atoms with E-state index in [1.54, 1.807) is 0 Å². The number of anilines is 1. The third kappa shape index (κ3) is 1.48. The number of aryl methyl sites for hydroxylation is 2. The summed E-state index contributed by atoms with van der Waals surface area (Å²) < 4.78 is 2.09. The highest BCUT2D eigenvalue weighted by molar-refractivity contribution is 5.84. The van der Waals surface area contributed by atoms with Crippen LogP contribution in [0.4, 0.5) is 5.69 Å². The molecule has 0 fully saturated rings. The molecule has 0 amide bonds. The van der Waals surface area contributed by atoms with E-state index in [-0.39, 0.29) is 0 Å². The SMILES string of the molecule is Cc1cccc(N)c1-c1nc2ccccc2n1C. The van der Waals surface area contributed by atoms with Crippen LogP contribution in [0.15, 0.2) is 42.5 Å². The van der Waals surface area contributed by atoms with Crippen molar-refractivity contribution in [3.63, 3.8) is 0 Å². The summed E-state index contributed by atoms with van der Waals surface area (Å²) in [4.78, 5) is 4.69. The summed E-state index contributed by atoms with van der Waals surface area (Å²) in [6.45, 7) is 2.06. The summed E-state index contributed by atoms with van der Waals surface area (Å²) in [7, 11) is 2.02. The molecule has 0 radical (unpaired) electrons. The number of aromatic nitrogens is 2. The Balaban J connectivity index is 2.36. The molecule has 0 aliphatic heterocycles. The Morgan fingerprint density at radius 2 is 1.83 bits per heavy atom. The number of benzene rings is 2. The van der Waals surface area contributed by atoms with Crippen molar-refractivity contribution in [2.24, 2.45) is 7.05 Å². The summed E-state index contributed by atoms with van der Waals surface area (Å²) in [6, 6.07) is 14.1. The number of nitrogen functional groups attached to an aromatic ring is 1. The molecule has 0 bridgehead atoms. The van der Waals surface area contributed by atoms with Crippen molar-refractivity contribution in [3.05, 3.63) is 48.0 Å². The summed E-state index contributed by atoms with van der Waals surface area (Å²) in [5, 5.41) is 0. The van der Waals surface area contributed by atoms with Crippen LogP contribution in [0.2, 0.25) is 0 Å². The van der Waals surface area contributed by atoms with Crippen molar-refractivity contribution in [1.82, 2.24) is 9.55 Å². The van der Waals surface area contributed by atoms with E-state index in [1.807, 2.05) is 37.4 Å². The second kappa shape index (κ2) is 3.88. The minimum atomic E-state index is 0.772. The molecule has 0 atom stereocenters. The average Bonchev–Trinajstić information content (AvgIpc) is 2.68. The smallest absolute Gasteiger partial charge is 0.143 e. The highest BCUT2D eigenvalue weighted by Gasteiger charge is 2.13. The van der Waals surface area contributed by atoms with Crippen LogP contribution in [0.3, 0.4) is 0 Å². The van der Waals surface area contributed by atoms with Gasteiger partial charge in [-0.25, -0.2) is 4.98 Å². The number of rotatable bonds is 1. The molecule has 2 N–H and O–H groups in total. The fraction of sp³-hybridized carbons (Fsp3) is 0.133. The van der Waals surface area contributed by atoms with E-state index < -0.39 is 0 Å². The van der Waals surface area contributed by atoms with Crippen LogP contribution < -0.4 is 5.73 Å². The monoisotopic (exact) mass is 237 g/mol. The van der Waals surface area contributed by atoms with Gasteiger partial charge in [-0.15, -0.1) is 0 Å². The number of hydrogen-bond donors (Lipinski definition) is 1. The molecule has 0 aliphatic rings. The molecule has 2 aromatic carbocycles. The zero-order valence-electron chi connectivity index (χ0n) is 10.5. The van der Waals surface area contributed by atoms with Crippen LogP contribution in [0, 0.1) is 6.92 Å². The summed E-state index contributed by atoms with van der Waals surface area (Å²) in [5.74, 6) is 0.923. The first-order valence-electron chi connectivity index (χ1n) is 5.95. The molecule has 0 spiro atoms. The second-order valence-corrected chi connectivity index (χ2v) is 4.52. The summed E-state index contributed by atoms with van der Waals surface area (Å²) in [5.41, 5.74) is 11.2. The average molecular weight is 237 g/mol. The molecule has 3 heteroatoms. The molecular formula is C15H15N3. The van der Waals surface area contributed by atoms with E-state index >= 15 is 0 Å². The molecule has 0 saturated heterocycles. The predicted octanol–water partition coefficient (Wildman–Crippen LogP) is 3.13. The first kappa shape index (κ1) is 10.8. The minimum Gasteiger partial charge on any atom is -0.398 e. The number of para-hydroxylation sites is 2. The normalized spacial score (nSPS) is 11.0. The Bertz CT molecular complexity index is 705. The molecule has 3 nitrogen and oxygen atoms in total. The van der Waals surface area contributed by atoms with E-state index in [2.05, 4.69) is 28.6 Å². The van der Waals surface area contributed by atoms with Crippen LogP contribution >= 0.6 is 0 Å². The van der Waals surface area contributed by atoms with Gasteiger partial charge in [-0.2, -0.15) is 0 Å². The van der Waals surface area contributed by atoms with Gasteiger partial charge in [-0.05, 0) is 30.7 Å². The van der Waals surface area contributed by atoms with Gasteiger partial charge in [0.25, 0.3) is 0 Å². The molecule has 1 heterocycles. The lowest BCUT2D eigenvalue weighted by Gasteiger charge is -2.09. The Morgan fingerprint density at radius 1 is 1.06 bits per heavy atom.